The van der Waals surface area contributed by atoms with E-state index in [-0.39, 0.29) is 30.7 Å². The standard InChI is InChI=1S/C14H22N4O.2ClH/c1-11(2)10-17-5-7-18(8-6-17)14(19)12-9-16-4-3-13(12)15;;/h3-4,9,11H,5-8,10H2,1-2H3,(H2,15,16);2*1H. The Hall–Kier alpha value is -1.04. The molecule has 0 radical (unpaired) electrons. The average molecular weight is 335 g/mol. The number of pyridine rings is 1. The first-order chi connectivity index (χ1) is 9.08. The fourth-order valence-electron chi connectivity index (χ4n) is 2.40. The molecule has 21 heavy (non-hydrogen) atoms. The van der Waals surface area contributed by atoms with Gasteiger partial charge in [-0.15, -0.1) is 24.8 Å². The molecular formula is C14H24Cl2N4O. The van der Waals surface area contributed by atoms with Crippen molar-refractivity contribution in [3.05, 3.63) is 24.0 Å². The lowest BCUT2D eigenvalue weighted by Crippen LogP contribution is -2.49. The molecule has 2 rings (SSSR count). The predicted molar refractivity (Wildman–Crippen MR) is 90.3 cm³/mol. The molecule has 2 N–H and O–H groups in total. The number of nitrogen functional groups attached to an aromatic ring is 1. The van der Waals surface area contributed by atoms with Gasteiger partial charge in [0.25, 0.3) is 5.91 Å². The molecule has 7 heteroatoms. The number of aromatic nitrogens is 1. The van der Waals surface area contributed by atoms with Gasteiger partial charge >= 0.3 is 0 Å². The van der Waals surface area contributed by atoms with Crippen molar-refractivity contribution < 1.29 is 4.79 Å². The summed E-state index contributed by atoms with van der Waals surface area (Å²) in [5.74, 6) is 0.658. The first-order valence-corrected chi connectivity index (χ1v) is 6.79. The second-order valence-electron chi connectivity index (χ2n) is 5.45. The molecule has 1 aromatic heterocycles. The Morgan fingerprint density at radius 1 is 1.29 bits per heavy atom. The maximum absolute atomic E-state index is 12.3. The summed E-state index contributed by atoms with van der Waals surface area (Å²) in [6.45, 7) is 8.92. The van der Waals surface area contributed by atoms with Gasteiger partial charge in [0.2, 0.25) is 0 Å². The lowest BCUT2D eigenvalue weighted by molar-refractivity contribution is 0.0624. The molecule has 1 amide bonds. The summed E-state index contributed by atoms with van der Waals surface area (Å²) in [4.78, 5) is 20.6. The maximum Gasteiger partial charge on any atom is 0.257 e. The zero-order valence-corrected chi connectivity index (χ0v) is 14.1. The summed E-state index contributed by atoms with van der Waals surface area (Å²) in [7, 11) is 0. The third kappa shape index (κ3) is 5.34. The number of rotatable bonds is 3. The molecule has 0 aromatic carbocycles. The molecule has 1 aliphatic rings. The van der Waals surface area contributed by atoms with Crippen LogP contribution in [0.1, 0.15) is 24.2 Å². The van der Waals surface area contributed by atoms with Crippen molar-refractivity contribution in [3.63, 3.8) is 0 Å². The van der Waals surface area contributed by atoms with E-state index < -0.39 is 0 Å². The third-order valence-corrected chi connectivity index (χ3v) is 3.37. The summed E-state index contributed by atoms with van der Waals surface area (Å²) in [6.07, 6.45) is 3.16. The lowest BCUT2D eigenvalue weighted by atomic mass is 10.1. The van der Waals surface area contributed by atoms with Crippen LogP contribution < -0.4 is 5.73 Å². The number of anilines is 1. The van der Waals surface area contributed by atoms with Crippen LogP contribution in [0.3, 0.4) is 0 Å². The quantitative estimate of drug-likeness (QED) is 0.917. The zero-order valence-electron chi connectivity index (χ0n) is 12.5. The summed E-state index contributed by atoms with van der Waals surface area (Å²) in [5.41, 5.74) is 6.84. The van der Waals surface area contributed by atoms with E-state index in [1.807, 2.05) is 4.90 Å². The minimum absolute atomic E-state index is 0. The van der Waals surface area contributed by atoms with Gasteiger partial charge in [0, 0.05) is 50.8 Å². The molecule has 0 saturated carbocycles. The summed E-state index contributed by atoms with van der Waals surface area (Å²) in [6, 6.07) is 1.67. The Balaban J connectivity index is 0.00000200. The van der Waals surface area contributed by atoms with Crippen LogP contribution in [0.4, 0.5) is 5.69 Å². The molecule has 0 spiro atoms. The maximum atomic E-state index is 12.3. The molecule has 1 aromatic rings. The lowest BCUT2D eigenvalue weighted by Gasteiger charge is -2.35. The molecule has 1 fully saturated rings. The highest BCUT2D eigenvalue weighted by molar-refractivity contribution is 5.98. The molecule has 1 saturated heterocycles. The fourth-order valence-corrected chi connectivity index (χ4v) is 2.40. The van der Waals surface area contributed by atoms with Gasteiger partial charge in [0.15, 0.2) is 0 Å². The van der Waals surface area contributed by atoms with E-state index in [0.29, 0.717) is 17.2 Å². The zero-order chi connectivity index (χ0) is 13.8. The van der Waals surface area contributed by atoms with E-state index in [1.54, 1.807) is 18.5 Å². The van der Waals surface area contributed by atoms with Crippen LogP contribution in [-0.4, -0.2) is 53.4 Å². The van der Waals surface area contributed by atoms with E-state index >= 15 is 0 Å². The highest BCUT2D eigenvalue weighted by atomic mass is 35.5. The monoisotopic (exact) mass is 334 g/mol. The molecule has 5 nitrogen and oxygen atoms in total. The number of nitrogens with zero attached hydrogens (tertiary/aromatic N) is 3. The van der Waals surface area contributed by atoms with Crippen LogP contribution in [0, 0.1) is 5.92 Å². The fraction of sp³-hybridized carbons (Fsp3) is 0.571. The van der Waals surface area contributed by atoms with Crippen LogP contribution in [0.5, 0.6) is 0 Å². The molecule has 120 valence electrons. The molecular weight excluding hydrogens is 311 g/mol. The van der Waals surface area contributed by atoms with E-state index in [0.717, 1.165) is 32.7 Å². The molecule has 2 heterocycles. The van der Waals surface area contributed by atoms with E-state index in [9.17, 15) is 4.79 Å². The average Bonchev–Trinajstić information content (AvgIpc) is 2.39. The Bertz CT molecular complexity index is 448. The highest BCUT2D eigenvalue weighted by Gasteiger charge is 2.23. The van der Waals surface area contributed by atoms with Crippen molar-refractivity contribution in [2.45, 2.75) is 13.8 Å². The number of hydrogen-bond donors (Lipinski definition) is 1. The van der Waals surface area contributed by atoms with Gasteiger partial charge in [-0.05, 0) is 12.0 Å². The normalized spacial score (nSPS) is 15.3. The topological polar surface area (TPSA) is 62.5 Å². The number of amides is 1. The largest absolute Gasteiger partial charge is 0.398 e. The van der Waals surface area contributed by atoms with E-state index in [2.05, 4.69) is 23.7 Å². The number of hydrogen-bond acceptors (Lipinski definition) is 4. The molecule has 0 bridgehead atoms. The minimum atomic E-state index is -0.00482. The number of carbonyl (C=O) groups excluding carboxylic acids is 1. The van der Waals surface area contributed by atoms with Crippen molar-refractivity contribution in [2.75, 3.05) is 38.5 Å². The van der Waals surface area contributed by atoms with Gasteiger partial charge in [-0.3, -0.25) is 14.7 Å². The number of halogens is 2. The van der Waals surface area contributed by atoms with E-state index in [4.69, 9.17) is 5.73 Å². The second-order valence-corrected chi connectivity index (χ2v) is 5.45. The molecule has 1 aliphatic heterocycles. The number of nitrogens with two attached hydrogens (primary N) is 1. The molecule has 0 unspecified atom stereocenters. The first-order valence-electron chi connectivity index (χ1n) is 6.79. The second kappa shape index (κ2) is 9.07. The van der Waals surface area contributed by atoms with Crippen molar-refractivity contribution in [1.29, 1.82) is 0 Å². The molecule has 0 atom stereocenters. The van der Waals surface area contributed by atoms with Gasteiger partial charge < -0.3 is 10.6 Å². The third-order valence-electron chi connectivity index (χ3n) is 3.37. The summed E-state index contributed by atoms with van der Waals surface area (Å²) in [5, 5.41) is 0. The van der Waals surface area contributed by atoms with Gasteiger partial charge in [-0.2, -0.15) is 0 Å². The van der Waals surface area contributed by atoms with Gasteiger partial charge in [0.1, 0.15) is 0 Å². The van der Waals surface area contributed by atoms with Gasteiger partial charge in [0.05, 0.1) is 5.56 Å². The summed E-state index contributed by atoms with van der Waals surface area (Å²) >= 11 is 0. The van der Waals surface area contributed by atoms with Crippen LogP contribution in [0.15, 0.2) is 18.5 Å². The smallest absolute Gasteiger partial charge is 0.257 e. The number of carbonyl (C=O) groups is 1. The molecule has 0 aliphatic carbocycles. The first kappa shape index (κ1) is 20.0. The van der Waals surface area contributed by atoms with Crippen LogP contribution in [-0.2, 0) is 0 Å². The number of piperazine rings is 1. The van der Waals surface area contributed by atoms with Crippen molar-refractivity contribution in [3.8, 4) is 0 Å². The highest BCUT2D eigenvalue weighted by Crippen LogP contribution is 2.14. The van der Waals surface area contributed by atoms with Crippen LogP contribution in [0.25, 0.3) is 0 Å². The van der Waals surface area contributed by atoms with E-state index in [1.165, 1.54) is 0 Å². The minimum Gasteiger partial charge on any atom is -0.398 e. The Morgan fingerprint density at radius 3 is 2.43 bits per heavy atom. The Kier molecular flexibility index (Phi) is 8.63. The SMILES string of the molecule is CC(C)CN1CCN(C(=O)c2cnccc2N)CC1.Cl.Cl. The van der Waals surface area contributed by atoms with Crippen molar-refractivity contribution >= 4 is 36.4 Å². The van der Waals surface area contributed by atoms with Crippen molar-refractivity contribution in [1.82, 2.24) is 14.8 Å². The van der Waals surface area contributed by atoms with Crippen molar-refractivity contribution in [2.24, 2.45) is 5.92 Å². The van der Waals surface area contributed by atoms with Crippen LogP contribution in [0.2, 0.25) is 0 Å². The van der Waals surface area contributed by atoms with Gasteiger partial charge in [-0.25, -0.2) is 0 Å². The van der Waals surface area contributed by atoms with Crippen LogP contribution >= 0.6 is 24.8 Å². The Morgan fingerprint density at radius 2 is 1.90 bits per heavy atom. The summed E-state index contributed by atoms with van der Waals surface area (Å²) < 4.78 is 0. The van der Waals surface area contributed by atoms with Gasteiger partial charge in [-0.1, -0.05) is 13.8 Å². The Labute approximate surface area is 138 Å². The predicted octanol–water partition coefficient (Wildman–Crippen LogP) is 1.92.